The highest BCUT2D eigenvalue weighted by molar-refractivity contribution is 5.79. The minimum absolute atomic E-state index is 0.00631. The van der Waals surface area contributed by atoms with Crippen LogP contribution in [0.2, 0.25) is 0 Å². The van der Waals surface area contributed by atoms with Gasteiger partial charge in [-0.1, -0.05) is 20.8 Å². The first-order valence-electron chi connectivity index (χ1n) is 5.19. The third kappa shape index (κ3) is 1.62. The van der Waals surface area contributed by atoms with Crippen molar-refractivity contribution in [2.75, 3.05) is 0 Å². The molecule has 0 aliphatic heterocycles. The Bertz CT molecular complexity index is 503. The van der Waals surface area contributed by atoms with Crippen molar-refractivity contribution in [2.24, 2.45) is 7.05 Å². The van der Waals surface area contributed by atoms with Crippen molar-refractivity contribution in [1.29, 1.82) is 0 Å². The zero-order valence-corrected chi connectivity index (χ0v) is 10.00. The molecule has 3 nitrogen and oxygen atoms in total. The van der Waals surface area contributed by atoms with E-state index in [0.29, 0.717) is 0 Å². The standard InChI is InChI=1S/C12H17N3/c1-8-7-15(5)10-9(8)6-13-11(14-10)12(2,3)4/h6-7H,1-5H3. The molecule has 80 valence electrons. The van der Waals surface area contributed by atoms with Crippen LogP contribution in [-0.4, -0.2) is 14.5 Å². The lowest BCUT2D eigenvalue weighted by atomic mass is 9.96. The highest BCUT2D eigenvalue weighted by Crippen LogP contribution is 2.22. The molecule has 0 N–H and O–H groups in total. The fourth-order valence-corrected chi connectivity index (χ4v) is 1.70. The highest BCUT2D eigenvalue weighted by atomic mass is 15.0. The zero-order chi connectivity index (χ0) is 11.2. The largest absolute Gasteiger partial charge is 0.335 e. The quantitative estimate of drug-likeness (QED) is 0.659. The van der Waals surface area contributed by atoms with Gasteiger partial charge < -0.3 is 4.57 Å². The normalized spacial score (nSPS) is 12.3. The van der Waals surface area contributed by atoms with Gasteiger partial charge in [-0.15, -0.1) is 0 Å². The fraction of sp³-hybridized carbons (Fsp3) is 0.500. The lowest BCUT2D eigenvalue weighted by molar-refractivity contribution is 0.547. The Kier molecular flexibility index (Phi) is 2.07. The number of aromatic nitrogens is 3. The molecule has 15 heavy (non-hydrogen) atoms. The lowest BCUT2D eigenvalue weighted by Crippen LogP contribution is -2.16. The first-order chi connectivity index (χ1) is 6.89. The van der Waals surface area contributed by atoms with Crippen LogP contribution in [0.3, 0.4) is 0 Å². The van der Waals surface area contributed by atoms with Crippen LogP contribution in [0.5, 0.6) is 0 Å². The van der Waals surface area contributed by atoms with Gasteiger partial charge in [0.15, 0.2) is 0 Å². The molecule has 0 fully saturated rings. The molecule has 2 rings (SSSR count). The van der Waals surface area contributed by atoms with Crippen molar-refractivity contribution < 1.29 is 0 Å². The summed E-state index contributed by atoms with van der Waals surface area (Å²) < 4.78 is 2.06. The third-order valence-corrected chi connectivity index (χ3v) is 2.59. The maximum atomic E-state index is 4.62. The van der Waals surface area contributed by atoms with Crippen molar-refractivity contribution in [3.8, 4) is 0 Å². The molecule has 0 spiro atoms. The molecule has 2 aromatic rings. The van der Waals surface area contributed by atoms with Gasteiger partial charge in [0.05, 0.1) is 0 Å². The average Bonchev–Trinajstić information content (AvgIpc) is 2.41. The van der Waals surface area contributed by atoms with Crippen LogP contribution < -0.4 is 0 Å². The first kappa shape index (κ1) is 10.1. The molecule has 0 unspecified atom stereocenters. The van der Waals surface area contributed by atoms with E-state index >= 15 is 0 Å². The Balaban J connectivity index is 2.71. The molecule has 0 aliphatic carbocycles. The second kappa shape index (κ2) is 3.05. The van der Waals surface area contributed by atoms with Crippen LogP contribution in [0.25, 0.3) is 11.0 Å². The van der Waals surface area contributed by atoms with Gasteiger partial charge in [-0.3, -0.25) is 0 Å². The average molecular weight is 203 g/mol. The third-order valence-electron chi connectivity index (χ3n) is 2.59. The van der Waals surface area contributed by atoms with Crippen molar-refractivity contribution >= 4 is 11.0 Å². The minimum atomic E-state index is 0.00631. The summed E-state index contributed by atoms with van der Waals surface area (Å²) in [6.45, 7) is 8.47. The SMILES string of the molecule is Cc1cn(C)c2nc(C(C)(C)C)ncc12. The van der Waals surface area contributed by atoms with E-state index in [1.165, 1.54) is 5.56 Å². The van der Waals surface area contributed by atoms with Gasteiger partial charge >= 0.3 is 0 Å². The van der Waals surface area contributed by atoms with Gasteiger partial charge in [-0.25, -0.2) is 9.97 Å². The molecule has 3 heteroatoms. The van der Waals surface area contributed by atoms with E-state index in [9.17, 15) is 0 Å². The molecular formula is C12H17N3. The summed E-state index contributed by atoms with van der Waals surface area (Å²) in [6.07, 6.45) is 4.02. The Morgan fingerprint density at radius 2 is 1.93 bits per heavy atom. The van der Waals surface area contributed by atoms with Gasteiger partial charge in [0, 0.05) is 30.2 Å². The summed E-state index contributed by atoms with van der Waals surface area (Å²) in [5.74, 6) is 0.899. The van der Waals surface area contributed by atoms with Crippen LogP contribution in [0, 0.1) is 6.92 Å². The number of hydrogen-bond donors (Lipinski definition) is 0. The van der Waals surface area contributed by atoms with Gasteiger partial charge in [0.25, 0.3) is 0 Å². The van der Waals surface area contributed by atoms with E-state index in [1.54, 1.807) is 0 Å². The Hall–Kier alpha value is -1.38. The van der Waals surface area contributed by atoms with Crippen LogP contribution >= 0.6 is 0 Å². The van der Waals surface area contributed by atoms with Crippen LogP contribution in [0.15, 0.2) is 12.4 Å². The summed E-state index contributed by atoms with van der Waals surface area (Å²) in [5, 5.41) is 1.14. The number of rotatable bonds is 0. The molecule has 0 atom stereocenters. The molecule has 0 amide bonds. The first-order valence-corrected chi connectivity index (χ1v) is 5.19. The molecule has 0 saturated carbocycles. The summed E-state index contributed by atoms with van der Waals surface area (Å²) in [7, 11) is 2.02. The lowest BCUT2D eigenvalue weighted by Gasteiger charge is -2.16. The van der Waals surface area contributed by atoms with Gasteiger partial charge in [-0.05, 0) is 12.5 Å². The minimum Gasteiger partial charge on any atom is -0.335 e. The summed E-state index contributed by atoms with van der Waals surface area (Å²) >= 11 is 0. The van der Waals surface area contributed by atoms with E-state index in [-0.39, 0.29) is 5.41 Å². The fourth-order valence-electron chi connectivity index (χ4n) is 1.70. The Morgan fingerprint density at radius 3 is 2.53 bits per heavy atom. The Morgan fingerprint density at radius 1 is 1.27 bits per heavy atom. The number of hydrogen-bond acceptors (Lipinski definition) is 2. The molecule has 0 bridgehead atoms. The summed E-state index contributed by atoms with van der Waals surface area (Å²) in [5.41, 5.74) is 2.26. The number of fused-ring (bicyclic) bond motifs is 1. The van der Waals surface area contributed by atoms with E-state index < -0.39 is 0 Å². The predicted molar refractivity (Wildman–Crippen MR) is 61.9 cm³/mol. The van der Waals surface area contributed by atoms with Crippen LogP contribution in [0.4, 0.5) is 0 Å². The van der Waals surface area contributed by atoms with Crippen LogP contribution in [0.1, 0.15) is 32.2 Å². The van der Waals surface area contributed by atoms with Crippen molar-refractivity contribution in [1.82, 2.24) is 14.5 Å². The molecule has 0 aliphatic rings. The summed E-state index contributed by atoms with van der Waals surface area (Å²) in [4.78, 5) is 9.05. The zero-order valence-electron chi connectivity index (χ0n) is 10.00. The maximum absolute atomic E-state index is 4.62. The van der Waals surface area contributed by atoms with E-state index in [1.807, 2.05) is 13.2 Å². The predicted octanol–water partition coefficient (Wildman–Crippen LogP) is 2.57. The second-order valence-corrected chi connectivity index (χ2v) is 5.10. The van der Waals surface area contributed by atoms with Gasteiger partial charge in [-0.2, -0.15) is 0 Å². The smallest absolute Gasteiger partial charge is 0.143 e. The van der Waals surface area contributed by atoms with E-state index in [2.05, 4.69) is 48.4 Å². The van der Waals surface area contributed by atoms with Crippen molar-refractivity contribution in [3.63, 3.8) is 0 Å². The highest BCUT2D eigenvalue weighted by Gasteiger charge is 2.18. The van der Waals surface area contributed by atoms with E-state index in [4.69, 9.17) is 0 Å². The number of nitrogens with zero attached hydrogens (tertiary/aromatic N) is 3. The second-order valence-electron chi connectivity index (χ2n) is 5.10. The van der Waals surface area contributed by atoms with Crippen molar-refractivity contribution in [3.05, 3.63) is 23.8 Å². The van der Waals surface area contributed by atoms with Gasteiger partial charge in [0.2, 0.25) is 0 Å². The monoisotopic (exact) mass is 203 g/mol. The topological polar surface area (TPSA) is 30.7 Å². The summed E-state index contributed by atoms with van der Waals surface area (Å²) in [6, 6.07) is 0. The molecule has 2 heterocycles. The molecule has 0 saturated heterocycles. The van der Waals surface area contributed by atoms with Crippen molar-refractivity contribution in [2.45, 2.75) is 33.1 Å². The van der Waals surface area contributed by atoms with Crippen LogP contribution in [-0.2, 0) is 12.5 Å². The van der Waals surface area contributed by atoms with E-state index in [0.717, 1.165) is 16.9 Å². The maximum Gasteiger partial charge on any atom is 0.143 e. The Labute approximate surface area is 90.2 Å². The molecule has 0 aromatic carbocycles. The number of aryl methyl sites for hydroxylation is 2. The molecular weight excluding hydrogens is 186 g/mol. The molecule has 2 aromatic heterocycles. The van der Waals surface area contributed by atoms with Gasteiger partial charge in [0.1, 0.15) is 11.5 Å². The molecule has 0 radical (unpaired) electrons.